The second-order valence-corrected chi connectivity index (χ2v) is 4.83. The standard InChI is InChI=1S/C13H14BrN3O3/c1-17(8-9-5-6-11(14)20-9)13(18)16-10-4-3-7-15-12(10)19-2/h3-7H,8H2,1-2H3,(H,16,18). The average Bonchev–Trinajstić information content (AvgIpc) is 2.84. The number of furan rings is 1. The second-order valence-electron chi connectivity index (χ2n) is 4.05. The van der Waals surface area contributed by atoms with Gasteiger partial charge in [0.1, 0.15) is 11.4 Å². The van der Waals surface area contributed by atoms with E-state index in [4.69, 9.17) is 9.15 Å². The van der Waals surface area contributed by atoms with Crippen molar-refractivity contribution in [2.75, 3.05) is 19.5 Å². The zero-order valence-corrected chi connectivity index (χ0v) is 12.7. The van der Waals surface area contributed by atoms with Crippen molar-refractivity contribution in [2.45, 2.75) is 6.54 Å². The van der Waals surface area contributed by atoms with Crippen molar-refractivity contribution in [3.8, 4) is 5.88 Å². The van der Waals surface area contributed by atoms with Gasteiger partial charge in [0.05, 0.1) is 13.7 Å². The minimum atomic E-state index is -0.274. The van der Waals surface area contributed by atoms with E-state index in [1.807, 2.05) is 0 Å². The van der Waals surface area contributed by atoms with Gasteiger partial charge in [0.25, 0.3) is 0 Å². The molecule has 2 amide bonds. The van der Waals surface area contributed by atoms with Gasteiger partial charge in [-0.2, -0.15) is 0 Å². The maximum Gasteiger partial charge on any atom is 0.322 e. The largest absolute Gasteiger partial charge is 0.480 e. The van der Waals surface area contributed by atoms with Crippen molar-refractivity contribution in [1.29, 1.82) is 0 Å². The Morgan fingerprint density at radius 2 is 2.30 bits per heavy atom. The number of urea groups is 1. The monoisotopic (exact) mass is 339 g/mol. The van der Waals surface area contributed by atoms with Crippen molar-refractivity contribution in [3.63, 3.8) is 0 Å². The quantitative estimate of drug-likeness (QED) is 0.929. The van der Waals surface area contributed by atoms with Gasteiger partial charge in [-0.25, -0.2) is 9.78 Å². The Hall–Kier alpha value is -2.02. The third-order valence-corrected chi connectivity index (χ3v) is 3.00. The lowest BCUT2D eigenvalue weighted by atomic mass is 10.4. The molecule has 0 aliphatic heterocycles. The highest BCUT2D eigenvalue weighted by molar-refractivity contribution is 9.10. The molecule has 0 aliphatic rings. The zero-order valence-electron chi connectivity index (χ0n) is 11.1. The van der Waals surface area contributed by atoms with Crippen LogP contribution in [0.1, 0.15) is 5.76 Å². The summed E-state index contributed by atoms with van der Waals surface area (Å²) in [5.74, 6) is 1.06. The van der Waals surface area contributed by atoms with E-state index in [1.165, 1.54) is 12.0 Å². The number of carbonyl (C=O) groups excluding carboxylic acids is 1. The fourth-order valence-corrected chi connectivity index (χ4v) is 1.94. The molecule has 0 unspecified atom stereocenters. The van der Waals surface area contributed by atoms with E-state index in [0.717, 1.165) is 0 Å². The Bertz CT molecular complexity index is 600. The molecule has 0 aromatic carbocycles. The van der Waals surface area contributed by atoms with Crippen LogP contribution in [0.2, 0.25) is 0 Å². The molecule has 0 saturated carbocycles. The number of nitrogens with zero attached hydrogens (tertiary/aromatic N) is 2. The lowest BCUT2D eigenvalue weighted by molar-refractivity contribution is 0.216. The first-order valence-electron chi connectivity index (χ1n) is 5.85. The van der Waals surface area contributed by atoms with Crippen LogP contribution in [0.5, 0.6) is 5.88 Å². The summed E-state index contributed by atoms with van der Waals surface area (Å²) in [4.78, 5) is 17.6. The molecule has 6 nitrogen and oxygen atoms in total. The second kappa shape index (κ2) is 6.42. The van der Waals surface area contributed by atoms with Gasteiger partial charge in [0.15, 0.2) is 4.67 Å². The van der Waals surface area contributed by atoms with E-state index in [9.17, 15) is 4.79 Å². The maximum absolute atomic E-state index is 12.1. The smallest absolute Gasteiger partial charge is 0.322 e. The third-order valence-electron chi connectivity index (χ3n) is 2.57. The van der Waals surface area contributed by atoms with Crippen molar-refractivity contribution in [1.82, 2.24) is 9.88 Å². The normalized spacial score (nSPS) is 10.2. The van der Waals surface area contributed by atoms with Crippen LogP contribution in [0.25, 0.3) is 0 Å². The van der Waals surface area contributed by atoms with E-state index in [1.54, 1.807) is 37.5 Å². The highest BCUT2D eigenvalue weighted by Gasteiger charge is 2.13. The first kappa shape index (κ1) is 14.4. The van der Waals surface area contributed by atoms with Crippen LogP contribution in [-0.2, 0) is 6.54 Å². The molecule has 20 heavy (non-hydrogen) atoms. The molecule has 7 heteroatoms. The van der Waals surface area contributed by atoms with E-state index in [0.29, 0.717) is 28.5 Å². The minimum absolute atomic E-state index is 0.274. The summed E-state index contributed by atoms with van der Waals surface area (Å²) in [7, 11) is 3.18. The number of nitrogens with one attached hydrogen (secondary N) is 1. The van der Waals surface area contributed by atoms with E-state index in [2.05, 4.69) is 26.2 Å². The number of methoxy groups -OCH3 is 1. The van der Waals surface area contributed by atoms with Gasteiger partial charge in [0, 0.05) is 13.2 Å². The molecule has 2 heterocycles. The number of amides is 2. The molecule has 1 N–H and O–H groups in total. The number of hydrogen-bond acceptors (Lipinski definition) is 4. The molecule has 2 rings (SSSR count). The van der Waals surface area contributed by atoms with Gasteiger partial charge in [-0.05, 0) is 40.2 Å². The molecule has 0 saturated heterocycles. The predicted octanol–water partition coefficient (Wildman–Crippen LogP) is 3.11. The molecule has 2 aromatic rings. The number of rotatable bonds is 4. The lowest BCUT2D eigenvalue weighted by Crippen LogP contribution is -2.30. The van der Waals surface area contributed by atoms with Gasteiger partial charge < -0.3 is 19.4 Å². The molecule has 0 atom stereocenters. The molecule has 0 bridgehead atoms. The number of aromatic nitrogens is 1. The average molecular weight is 340 g/mol. The summed E-state index contributed by atoms with van der Waals surface area (Å²) in [6.07, 6.45) is 1.60. The van der Waals surface area contributed by atoms with Gasteiger partial charge in [-0.15, -0.1) is 0 Å². The Labute approximate surface area is 124 Å². The number of carbonyl (C=O) groups is 1. The Morgan fingerprint density at radius 3 is 2.95 bits per heavy atom. The number of anilines is 1. The highest BCUT2D eigenvalue weighted by atomic mass is 79.9. The minimum Gasteiger partial charge on any atom is -0.480 e. The lowest BCUT2D eigenvalue weighted by Gasteiger charge is -2.17. The first-order valence-corrected chi connectivity index (χ1v) is 6.65. The molecular weight excluding hydrogens is 326 g/mol. The van der Waals surface area contributed by atoms with E-state index >= 15 is 0 Å². The fraction of sp³-hybridized carbons (Fsp3) is 0.231. The van der Waals surface area contributed by atoms with Crippen LogP contribution in [0.15, 0.2) is 39.5 Å². The van der Waals surface area contributed by atoms with Crippen molar-refractivity contribution in [3.05, 3.63) is 40.9 Å². The maximum atomic E-state index is 12.1. The molecular formula is C13H14BrN3O3. The van der Waals surface area contributed by atoms with Crippen molar-refractivity contribution in [2.24, 2.45) is 0 Å². The van der Waals surface area contributed by atoms with Gasteiger partial charge in [0.2, 0.25) is 5.88 Å². The number of halogens is 1. The Balaban J connectivity index is 2.00. The summed E-state index contributed by atoms with van der Waals surface area (Å²) in [5.41, 5.74) is 0.521. The van der Waals surface area contributed by atoms with Crippen LogP contribution in [0, 0.1) is 0 Å². The molecule has 0 spiro atoms. The van der Waals surface area contributed by atoms with Gasteiger partial charge in [-0.1, -0.05) is 0 Å². The number of ether oxygens (including phenoxy) is 1. The Morgan fingerprint density at radius 1 is 1.50 bits per heavy atom. The van der Waals surface area contributed by atoms with Crippen LogP contribution >= 0.6 is 15.9 Å². The summed E-state index contributed by atoms with van der Waals surface area (Å²) >= 11 is 3.22. The van der Waals surface area contributed by atoms with Crippen LogP contribution in [-0.4, -0.2) is 30.1 Å². The Kier molecular flexibility index (Phi) is 4.62. The van der Waals surface area contributed by atoms with E-state index < -0.39 is 0 Å². The summed E-state index contributed by atoms with van der Waals surface area (Å²) in [6.45, 7) is 0.361. The van der Waals surface area contributed by atoms with Crippen molar-refractivity contribution >= 4 is 27.6 Å². The SMILES string of the molecule is COc1ncccc1NC(=O)N(C)Cc1ccc(Br)o1. The van der Waals surface area contributed by atoms with E-state index in [-0.39, 0.29) is 6.03 Å². The van der Waals surface area contributed by atoms with Crippen LogP contribution in [0.4, 0.5) is 10.5 Å². The summed E-state index contributed by atoms with van der Waals surface area (Å²) in [6, 6.07) is 6.76. The topological polar surface area (TPSA) is 67.6 Å². The van der Waals surface area contributed by atoms with Crippen LogP contribution < -0.4 is 10.1 Å². The number of pyridine rings is 1. The molecule has 106 valence electrons. The summed E-state index contributed by atoms with van der Waals surface area (Å²) in [5, 5.41) is 2.73. The highest BCUT2D eigenvalue weighted by Crippen LogP contribution is 2.20. The molecule has 2 aromatic heterocycles. The third kappa shape index (κ3) is 3.51. The molecule has 0 fully saturated rings. The first-order chi connectivity index (χ1) is 9.60. The fourth-order valence-electron chi connectivity index (χ4n) is 1.60. The predicted molar refractivity (Wildman–Crippen MR) is 77.7 cm³/mol. The molecule has 0 aliphatic carbocycles. The van der Waals surface area contributed by atoms with Gasteiger partial charge >= 0.3 is 6.03 Å². The summed E-state index contributed by atoms with van der Waals surface area (Å²) < 4.78 is 11.1. The van der Waals surface area contributed by atoms with Crippen LogP contribution in [0.3, 0.4) is 0 Å². The van der Waals surface area contributed by atoms with Gasteiger partial charge in [-0.3, -0.25) is 0 Å². The molecule has 0 radical (unpaired) electrons. The van der Waals surface area contributed by atoms with Crippen molar-refractivity contribution < 1.29 is 13.9 Å². The zero-order chi connectivity index (χ0) is 14.5. The number of hydrogen-bond donors (Lipinski definition) is 1.